The summed E-state index contributed by atoms with van der Waals surface area (Å²) in [4.78, 5) is 15.1. The van der Waals surface area contributed by atoms with Gasteiger partial charge >= 0.3 is 0 Å². The molecule has 0 bridgehead atoms. The highest BCUT2D eigenvalue weighted by molar-refractivity contribution is 7.26. The molecule has 0 N–H and O–H groups in total. The minimum absolute atomic E-state index is 0.00294. The first kappa shape index (κ1) is 26.5. The number of hydrogen-bond acceptors (Lipinski definition) is 4. The van der Waals surface area contributed by atoms with Gasteiger partial charge in [0.25, 0.3) is 0 Å². The van der Waals surface area contributed by atoms with E-state index in [0.717, 1.165) is 59.1 Å². The molecule has 0 amide bonds. The van der Waals surface area contributed by atoms with E-state index in [1.807, 2.05) is 109 Å². The number of fused-ring (bicyclic) bond motifs is 6. The molecule has 0 spiro atoms. The fourth-order valence-corrected chi connectivity index (χ4v) is 8.90. The molecule has 5 heteroatoms. The Morgan fingerprint density at radius 3 is 1.62 bits per heavy atom. The second-order valence-electron chi connectivity index (χ2n) is 13.5. The van der Waals surface area contributed by atoms with Crippen molar-refractivity contribution in [1.82, 2.24) is 19.5 Å². The summed E-state index contributed by atoms with van der Waals surface area (Å²) in [6.07, 6.45) is 0. The van der Waals surface area contributed by atoms with Crippen molar-refractivity contribution in [2.45, 2.75) is 0 Å². The summed E-state index contributed by atoms with van der Waals surface area (Å²) in [5.74, 6) is 1.74. The molecule has 4 nitrogen and oxygen atoms in total. The Kier molecular flexibility index (Phi) is 6.29. The predicted molar refractivity (Wildman–Crippen MR) is 234 cm³/mol. The summed E-state index contributed by atoms with van der Waals surface area (Å²) in [5, 5.41) is 2.53. The molecule has 56 heavy (non-hydrogen) atoms. The molecule has 0 saturated heterocycles. The molecule has 3 aromatic heterocycles. The second kappa shape index (κ2) is 13.3. The number of rotatable bonds is 6. The van der Waals surface area contributed by atoms with E-state index in [4.69, 9.17) is 23.2 Å². The van der Waals surface area contributed by atoms with Crippen LogP contribution in [0.2, 0.25) is 0 Å². The van der Waals surface area contributed by atoms with Crippen molar-refractivity contribution < 1.29 is 8.22 Å². The molecule has 0 aliphatic heterocycles. The van der Waals surface area contributed by atoms with Crippen molar-refractivity contribution in [3.8, 4) is 62.1 Å². The highest BCUT2D eigenvalue weighted by Crippen LogP contribution is 2.45. The van der Waals surface area contributed by atoms with Crippen molar-refractivity contribution in [3.63, 3.8) is 0 Å². The molecule has 11 aromatic rings. The number of benzene rings is 8. The summed E-state index contributed by atoms with van der Waals surface area (Å²) in [6, 6.07) is 50.7. The summed E-state index contributed by atoms with van der Waals surface area (Å²) in [5.41, 5.74) is 7.64. The SMILES string of the molecule is [2H]c1cc([2H])c2c(c1[2H])c1c([2H])c([2H])cc([2H])c1n2-c1cc(-c2ccccc2)cc(-c2cccc3sc4c(-c5nc(-c6ccccc6)nc(-c6ccccc6)n5)cccc4c23)c1. The monoisotopic (exact) mass is 738 g/mol. The van der Waals surface area contributed by atoms with Crippen LogP contribution in [0.3, 0.4) is 0 Å². The molecule has 3 heterocycles. The maximum atomic E-state index is 9.14. The Morgan fingerprint density at radius 1 is 0.429 bits per heavy atom. The largest absolute Gasteiger partial charge is 0.309 e. The van der Waals surface area contributed by atoms with Gasteiger partial charge in [-0.05, 0) is 64.7 Å². The molecule has 262 valence electrons. The van der Waals surface area contributed by atoms with Gasteiger partial charge in [0.15, 0.2) is 17.5 Å². The Balaban J connectivity index is 1.18. The van der Waals surface area contributed by atoms with Crippen molar-refractivity contribution in [2.75, 3.05) is 0 Å². The van der Waals surface area contributed by atoms with E-state index in [-0.39, 0.29) is 47.0 Å². The van der Waals surface area contributed by atoms with E-state index < -0.39 is 0 Å². The normalized spacial score (nSPS) is 13.1. The zero-order chi connectivity index (χ0) is 42.2. The van der Waals surface area contributed by atoms with Gasteiger partial charge in [-0.3, -0.25) is 0 Å². The van der Waals surface area contributed by atoms with Crippen LogP contribution in [0.1, 0.15) is 8.22 Å². The highest BCUT2D eigenvalue weighted by atomic mass is 32.1. The van der Waals surface area contributed by atoms with Gasteiger partial charge in [-0.2, -0.15) is 0 Å². The lowest BCUT2D eigenvalue weighted by Crippen LogP contribution is -2.00. The van der Waals surface area contributed by atoms with Crippen molar-refractivity contribution >= 4 is 53.3 Å². The lowest BCUT2D eigenvalue weighted by Gasteiger charge is -2.15. The average molecular weight is 739 g/mol. The molecule has 0 fully saturated rings. The standard InChI is InChI=1S/C51H32N4S/c1-4-16-33(17-5-1)36-30-37(32-38(31-36)55-44-27-12-10-22-40(44)41-23-11-13-28-45(41)55)39-24-15-29-46-47(39)42-25-14-26-43(48(42)56-46)51-53-49(34-18-6-2-7-19-34)52-50(54-51)35-20-8-3-9-21-35/h1-32H/i10D,11D,22D,23D,27D,28D. The van der Waals surface area contributed by atoms with Crippen LogP contribution in [0.4, 0.5) is 0 Å². The van der Waals surface area contributed by atoms with Crippen LogP contribution in [0.5, 0.6) is 0 Å². The van der Waals surface area contributed by atoms with Crippen LogP contribution >= 0.6 is 11.3 Å². The summed E-state index contributed by atoms with van der Waals surface area (Å²) < 4.78 is 57.1. The topological polar surface area (TPSA) is 43.6 Å². The van der Waals surface area contributed by atoms with Crippen molar-refractivity contribution in [3.05, 3.63) is 194 Å². The Labute approximate surface area is 336 Å². The Morgan fingerprint density at radius 2 is 0.982 bits per heavy atom. The van der Waals surface area contributed by atoms with E-state index in [9.17, 15) is 0 Å². The third kappa shape index (κ3) is 5.40. The summed E-state index contributed by atoms with van der Waals surface area (Å²) in [7, 11) is 0. The van der Waals surface area contributed by atoms with Crippen molar-refractivity contribution in [1.29, 1.82) is 0 Å². The predicted octanol–water partition coefficient (Wildman–Crippen LogP) is 13.7. The maximum Gasteiger partial charge on any atom is 0.165 e. The van der Waals surface area contributed by atoms with Gasteiger partial charge in [0.05, 0.1) is 19.3 Å². The Bertz CT molecular complexity index is 3460. The Hall–Kier alpha value is -7.21. The van der Waals surface area contributed by atoms with Crippen LogP contribution in [0, 0.1) is 0 Å². The van der Waals surface area contributed by atoms with Crippen LogP contribution in [0.25, 0.3) is 104 Å². The van der Waals surface area contributed by atoms with Crippen LogP contribution in [-0.4, -0.2) is 19.5 Å². The summed E-state index contributed by atoms with van der Waals surface area (Å²) >= 11 is 1.68. The van der Waals surface area contributed by atoms with Gasteiger partial charge in [-0.15, -0.1) is 11.3 Å². The van der Waals surface area contributed by atoms with Crippen molar-refractivity contribution in [2.24, 2.45) is 0 Å². The lowest BCUT2D eigenvalue weighted by molar-refractivity contribution is 1.08. The van der Waals surface area contributed by atoms with Gasteiger partial charge in [0, 0.05) is 53.3 Å². The quantitative estimate of drug-likeness (QED) is 0.171. The molecular weight excluding hydrogens is 701 g/mol. The van der Waals surface area contributed by atoms with Crippen LogP contribution in [-0.2, 0) is 0 Å². The van der Waals surface area contributed by atoms with Gasteiger partial charge in [-0.25, -0.2) is 15.0 Å². The zero-order valence-electron chi connectivity index (χ0n) is 35.7. The molecule has 8 aromatic carbocycles. The van der Waals surface area contributed by atoms with E-state index in [1.165, 1.54) is 12.1 Å². The van der Waals surface area contributed by atoms with Crippen LogP contribution in [0.15, 0.2) is 194 Å². The van der Waals surface area contributed by atoms with E-state index >= 15 is 0 Å². The molecule has 0 saturated carbocycles. The van der Waals surface area contributed by atoms with Gasteiger partial charge < -0.3 is 4.57 Å². The molecule has 0 aliphatic rings. The third-order valence-corrected chi connectivity index (χ3v) is 11.4. The second-order valence-corrected chi connectivity index (χ2v) is 14.6. The van der Waals surface area contributed by atoms with Gasteiger partial charge in [0.2, 0.25) is 0 Å². The van der Waals surface area contributed by atoms with E-state index in [2.05, 4.69) is 36.4 Å². The number of para-hydroxylation sites is 2. The molecule has 0 unspecified atom stereocenters. The average Bonchev–Trinajstić information content (AvgIpc) is 3.89. The van der Waals surface area contributed by atoms with E-state index in [0.29, 0.717) is 34.2 Å². The lowest BCUT2D eigenvalue weighted by atomic mass is 9.94. The zero-order valence-corrected chi connectivity index (χ0v) is 30.5. The smallest absolute Gasteiger partial charge is 0.165 e. The first-order valence-corrected chi connectivity index (χ1v) is 19.1. The number of nitrogens with zero attached hydrogens (tertiary/aromatic N) is 4. The minimum Gasteiger partial charge on any atom is -0.309 e. The summed E-state index contributed by atoms with van der Waals surface area (Å²) in [6.45, 7) is 0. The maximum absolute atomic E-state index is 9.14. The van der Waals surface area contributed by atoms with E-state index in [1.54, 1.807) is 15.9 Å². The number of aromatic nitrogens is 4. The first-order valence-electron chi connectivity index (χ1n) is 21.3. The molecule has 11 rings (SSSR count). The molecule has 0 aliphatic carbocycles. The molecule has 0 radical (unpaired) electrons. The third-order valence-electron chi connectivity index (χ3n) is 10.2. The van der Waals surface area contributed by atoms with Gasteiger partial charge in [0.1, 0.15) is 0 Å². The minimum atomic E-state index is -0.151. The van der Waals surface area contributed by atoms with Gasteiger partial charge in [-0.1, -0.05) is 152 Å². The number of hydrogen-bond donors (Lipinski definition) is 0. The first-order chi connectivity index (χ1) is 30.2. The number of thiophene rings is 1. The molecule has 0 atom stereocenters. The fourth-order valence-electron chi connectivity index (χ4n) is 7.66. The van der Waals surface area contributed by atoms with Crippen LogP contribution < -0.4 is 0 Å². The molecular formula is C51H32N4S. The fraction of sp³-hybridized carbons (Fsp3) is 0. The highest BCUT2D eigenvalue weighted by Gasteiger charge is 2.20.